The second kappa shape index (κ2) is 9.25. The lowest BCUT2D eigenvalue weighted by atomic mass is 9.96. The number of aromatic amines is 1. The first-order valence-electron chi connectivity index (χ1n) is 11.9. The zero-order valence-corrected chi connectivity index (χ0v) is 20.6. The summed E-state index contributed by atoms with van der Waals surface area (Å²) in [5.74, 6) is 1.91. The molecule has 0 spiro atoms. The van der Waals surface area contributed by atoms with Gasteiger partial charge < -0.3 is 9.72 Å². The third-order valence-corrected chi connectivity index (χ3v) is 6.66. The van der Waals surface area contributed by atoms with E-state index in [1.54, 1.807) is 7.11 Å². The zero-order chi connectivity index (χ0) is 23.8. The van der Waals surface area contributed by atoms with Gasteiger partial charge in [0.2, 0.25) is 0 Å². The summed E-state index contributed by atoms with van der Waals surface area (Å²) in [5, 5.41) is 13.8. The van der Waals surface area contributed by atoms with Crippen molar-refractivity contribution in [3.8, 4) is 5.75 Å². The molecule has 1 saturated carbocycles. The number of tetrazole rings is 1. The van der Waals surface area contributed by atoms with Gasteiger partial charge in [0.25, 0.3) is 5.56 Å². The summed E-state index contributed by atoms with van der Waals surface area (Å²) < 4.78 is 7.33. The molecular weight excluding hydrogens is 416 g/mol. The van der Waals surface area contributed by atoms with Gasteiger partial charge >= 0.3 is 0 Å². The van der Waals surface area contributed by atoms with Crippen LogP contribution < -0.4 is 10.3 Å². The van der Waals surface area contributed by atoms with Crippen molar-refractivity contribution >= 4 is 10.9 Å². The van der Waals surface area contributed by atoms with E-state index in [0.29, 0.717) is 12.6 Å². The Hall–Kier alpha value is -2.74. The Balaban J connectivity index is 1.79. The Morgan fingerprint density at radius 3 is 2.58 bits per heavy atom. The molecule has 0 unspecified atom stereocenters. The normalized spacial score (nSPS) is 16.2. The first kappa shape index (κ1) is 23.4. The van der Waals surface area contributed by atoms with E-state index in [4.69, 9.17) is 4.74 Å². The van der Waals surface area contributed by atoms with Crippen LogP contribution in [0, 0.1) is 5.92 Å². The fraction of sp³-hybridized carbons (Fsp3) is 0.600. The Kier molecular flexibility index (Phi) is 6.56. The molecule has 8 heteroatoms. The fourth-order valence-electron chi connectivity index (χ4n) is 5.05. The minimum atomic E-state index is -0.232. The average Bonchev–Trinajstić information content (AvgIpc) is 3.45. The van der Waals surface area contributed by atoms with E-state index in [1.165, 1.54) is 12.8 Å². The van der Waals surface area contributed by atoms with Crippen LogP contribution in [0.4, 0.5) is 0 Å². The summed E-state index contributed by atoms with van der Waals surface area (Å²) in [4.78, 5) is 18.6. The summed E-state index contributed by atoms with van der Waals surface area (Å²) in [7, 11) is 1.65. The second-order valence-electron chi connectivity index (χ2n) is 10.5. The molecule has 3 aromatic rings. The van der Waals surface area contributed by atoms with E-state index in [1.807, 2.05) is 28.9 Å². The molecule has 2 aromatic heterocycles. The maximum absolute atomic E-state index is 13.1. The van der Waals surface area contributed by atoms with Crippen LogP contribution in [-0.4, -0.2) is 43.2 Å². The number of ether oxygens (including phenoxy) is 1. The fourth-order valence-corrected chi connectivity index (χ4v) is 5.05. The summed E-state index contributed by atoms with van der Waals surface area (Å²) in [5.41, 5.74) is 1.29. The summed E-state index contributed by atoms with van der Waals surface area (Å²) in [6, 6.07) is 8.12. The highest BCUT2D eigenvalue weighted by atomic mass is 16.5. The Labute approximate surface area is 195 Å². The molecule has 0 saturated heterocycles. The van der Waals surface area contributed by atoms with Crippen LogP contribution in [0.15, 0.2) is 29.1 Å². The van der Waals surface area contributed by atoms with Crippen molar-refractivity contribution in [3.63, 3.8) is 0 Å². The number of nitrogens with zero attached hydrogens (tertiary/aromatic N) is 5. The number of hydrogen-bond acceptors (Lipinski definition) is 6. The van der Waals surface area contributed by atoms with Crippen molar-refractivity contribution in [2.75, 3.05) is 7.11 Å². The Bertz CT molecular complexity index is 1150. The number of benzene rings is 1. The molecule has 33 heavy (non-hydrogen) atoms. The first-order chi connectivity index (χ1) is 15.7. The lowest BCUT2D eigenvalue weighted by Crippen LogP contribution is -2.42. The minimum absolute atomic E-state index is 0.00253. The van der Waals surface area contributed by atoms with Gasteiger partial charge in [-0.25, -0.2) is 4.68 Å². The van der Waals surface area contributed by atoms with Crippen molar-refractivity contribution in [1.29, 1.82) is 0 Å². The molecule has 1 N–H and O–H groups in total. The van der Waals surface area contributed by atoms with Crippen molar-refractivity contribution in [1.82, 2.24) is 30.1 Å². The smallest absolute Gasteiger partial charge is 0.252 e. The van der Waals surface area contributed by atoms with Crippen molar-refractivity contribution < 1.29 is 4.74 Å². The summed E-state index contributed by atoms with van der Waals surface area (Å²) in [6.45, 7) is 11.3. The molecular formula is C25H36N6O2. The van der Waals surface area contributed by atoms with E-state index in [2.05, 4.69) is 60.0 Å². The van der Waals surface area contributed by atoms with Gasteiger partial charge in [0.05, 0.1) is 18.7 Å². The average molecular weight is 453 g/mol. The molecule has 1 atom stereocenters. The molecule has 1 aromatic carbocycles. The van der Waals surface area contributed by atoms with E-state index < -0.39 is 0 Å². The van der Waals surface area contributed by atoms with Gasteiger partial charge in [-0.3, -0.25) is 9.69 Å². The van der Waals surface area contributed by atoms with Gasteiger partial charge in [-0.2, -0.15) is 0 Å². The topological polar surface area (TPSA) is 88.9 Å². The standard InChI is InChI=1S/C25H36N6O2/c1-16(2)22(23-27-28-29-31(23)25(3,4)5)30(19-9-7-8-10-19)15-18-13-17-14-20(33-6)11-12-21(17)26-24(18)32/h11-14,16,19,22H,7-10,15H2,1-6H3,(H,26,32)/t22-/m0/s1. The predicted molar refractivity (Wildman–Crippen MR) is 129 cm³/mol. The maximum atomic E-state index is 13.1. The van der Waals surface area contributed by atoms with Crippen LogP contribution in [0.5, 0.6) is 5.75 Å². The first-order valence-corrected chi connectivity index (χ1v) is 11.9. The van der Waals surface area contributed by atoms with Crippen molar-refractivity contribution in [2.24, 2.45) is 5.92 Å². The minimum Gasteiger partial charge on any atom is -0.497 e. The quantitative estimate of drug-likeness (QED) is 0.571. The Morgan fingerprint density at radius 1 is 1.21 bits per heavy atom. The monoisotopic (exact) mass is 452 g/mol. The number of hydrogen-bond donors (Lipinski definition) is 1. The third-order valence-electron chi connectivity index (χ3n) is 6.66. The molecule has 0 aliphatic heterocycles. The molecule has 1 aliphatic rings. The molecule has 0 amide bonds. The second-order valence-corrected chi connectivity index (χ2v) is 10.5. The van der Waals surface area contributed by atoms with E-state index in [0.717, 1.165) is 40.9 Å². The number of nitrogens with one attached hydrogen (secondary N) is 1. The van der Waals surface area contributed by atoms with Gasteiger partial charge in [-0.05, 0) is 74.2 Å². The van der Waals surface area contributed by atoms with Crippen molar-refractivity contribution in [3.05, 3.63) is 46.0 Å². The van der Waals surface area contributed by atoms with Gasteiger partial charge in [0.15, 0.2) is 5.82 Å². The van der Waals surface area contributed by atoms with Gasteiger partial charge in [0.1, 0.15) is 5.75 Å². The number of methoxy groups -OCH3 is 1. The molecule has 1 fully saturated rings. The highest BCUT2D eigenvalue weighted by Crippen LogP contribution is 2.37. The van der Waals surface area contributed by atoms with E-state index >= 15 is 0 Å². The van der Waals surface area contributed by atoms with Crippen LogP contribution in [0.2, 0.25) is 0 Å². The third kappa shape index (κ3) is 4.81. The van der Waals surface area contributed by atoms with Gasteiger partial charge in [0, 0.05) is 29.1 Å². The molecule has 1 aliphatic carbocycles. The molecule has 0 bridgehead atoms. The summed E-state index contributed by atoms with van der Waals surface area (Å²) >= 11 is 0. The molecule has 4 rings (SSSR count). The van der Waals surface area contributed by atoms with Gasteiger partial charge in [-0.1, -0.05) is 26.7 Å². The molecule has 178 valence electrons. The Morgan fingerprint density at radius 2 is 1.94 bits per heavy atom. The number of aromatic nitrogens is 5. The van der Waals surface area contributed by atoms with E-state index in [9.17, 15) is 4.79 Å². The summed E-state index contributed by atoms with van der Waals surface area (Å²) in [6.07, 6.45) is 4.67. The van der Waals surface area contributed by atoms with Crippen LogP contribution in [0.25, 0.3) is 10.9 Å². The lowest BCUT2D eigenvalue weighted by molar-refractivity contribution is 0.0802. The van der Waals surface area contributed by atoms with Crippen molar-refractivity contribution in [2.45, 2.75) is 84.5 Å². The highest BCUT2D eigenvalue weighted by molar-refractivity contribution is 5.80. The van der Waals surface area contributed by atoms with Crippen LogP contribution in [-0.2, 0) is 12.1 Å². The molecule has 0 radical (unpaired) electrons. The molecule has 8 nitrogen and oxygen atoms in total. The molecule has 2 heterocycles. The van der Waals surface area contributed by atoms with Crippen LogP contribution in [0.3, 0.4) is 0 Å². The van der Waals surface area contributed by atoms with Crippen LogP contribution in [0.1, 0.15) is 77.7 Å². The van der Waals surface area contributed by atoms with E-state index in [-0.39, 0.29) is 23.1 Å². The number of H-pyrrole nitrogens is 1. The number of fused-ring (bicyclic) bond motifs is 1. The largest absolute Gasteiger partial charge is 0.497 e. The highest BCUT2D eigenvalue weighted by Gasteiger charge is 2.37. The zero-order valence-electron chi connectivity index (χ0n) is 20.6. The number of rotatable bonds is 7. The van der Waals surface area contributed by atoms with Crippen LogP contribution >= 0.6 is 0 Å². The maximum Gasteiger partial charge on any atom is 0.252 e. The van der Waals surface area contributed by atoms with Gasteiger partial charge in [-0.15, -0.1) is 5.10 Å². The number of pyridine rings is 1. The predicted octanol–water partition coefficient (Wildman–Crippen LogP) is 4.42. The SMILES string of the molecule is COc1ccc2[nH]c(=O)c(CN(C3CCCC3)[C@H](c3nnnn3C(C)(C)C)C(C)C)cc2c1. The lowest BCUT2D eigenvalue weighted by Gasteiger charge is -2.39.